The van der Waals surface area contributed by atoms with E-state index >= 15 is 0 Å². The van der Waals surface area contributed by atoms with Gasteiger partial charge in [-0.15, -0.1) is 14.8 Å². The molecule has 0 bridgehead atoms. The predicted molar refractivity (Wildman–Crippen MR) is 90.8 cm³/mol. The number of nitrogens with zero attached hydrogens (tertiary/aromatic N) is 6. The number of ether oxygens (including phenoxy) is 1. The summed E-state index contributed by atoms with van der Waals surface area (Å²) in [6, 6.07) is 11.1. The third-order valence-electron chi connectivity index (χ3n) is 4.62. The monoisotopic (exact) mass is 338 g/mol. The van der Waals surface area contributed by atoms with Crippen LogP contribution in [0.1, 0.15) is 23.2 Å². The fraction of sp³-hybridized carbons (Fsp3) is 0.353. The molecular weight excluding hydrogens is 320 g/mol. The number of piperidine rings is 1. The van der Waals surface area contributed by atoms with Gasteiger partial charge in [-0.3, -0.25) is 4.79 Å². The van der Waals surface area contributed by atoms with E-state index in [2.05, 4.69) is 25.5 Å². The summed E-state index contributed by atoms with van der Waals surface area (Å²) in [7, 11) is 1.62. The molecule has 0 unspecified atom stereocenters. The number of ketones is 1. The maximum atomic E-state index is 12.7. The number of carbonyl (C=O) groups is 1. The van der Waals surface area contributed by atoms with Gasteiger partial charge in [0.25, 0.3) is 0 Å². The number of methoxy groups -OCH3 is 1. The Bertz CT molecular complexity index is 884. The summed E-state index contributed by atoms with van der Waals surface area (Å²) in [5.41, 5.74) is 1.36. The van der Waals surface area contributed by atoms with Gasteiger partial charge < -0.3 is 9.64 Å². The summed E-state index contributed by atoms with van der Waals surface area (Å²) in [5, 5.41) is 15.7. The van der Waals surface area contributed by atoms with Crippen LogP contribution in [0, 0.1) is 5.92 Å². The molecule has 0 N–H and O–H groups in total. The van der Waals surface area contributed by atoms with Crippen molar-refractivity contribution in [3.63, 3.8) is 0 Å². The third kappa shape index (κ3) is 3.02. The highest BCUT2D eigenvalue weighted by Crippen LogP contribution is 2.25. The van der Waals surface area contributed by atoms with E-state index in [0.29, 0.717) is 5.65 Å². The lowest BCUT2D eigenvalue weighted by Crippen LogP contribution is -2.37. The first-order valence-corrected chi connectivity index (χ1v) is 8.23. The van der Waals surface area contributed by atoms with E-state index in [0.717, 1.165) is 43.1 Å². The lowest BCUT2D eigenvalue weighted by molar-refractivity contribution is 0.0900. The predicted octanol–water partition coefficient (Wildman–Crippen LogP) is 1.63. The van der Waals surface area contributed by atoms with Crippen molar-refractivity contribution in [3.8, 4) is 5.75 Å². The van der Waals surface area contributed by atoms with Gasteiger partial charge in [-0.25, -0.2) is 0 Å². The molecular formula is C17H18N6O2. The highest BCUT2D eigenvalue weighted by Gasteiger charge is 2.26. The summed E-state index contributed by atoms with van der Waals surface area (Å²) in [6.45, 7) is 1.57. The van der Waals surface area contributed by atoms with Crippen LogP contribution in [0.2, 0.25) is 0 Å². The number of aromatic nitrogens is 5. The van der Waals surface area contributed by atoms with Crippen LogP contribution >= 0.6 is 0 Å². The van der Waals surface area contributed by atoms with Crippen LogP contribution in [-0.2, 0) is 0 Å². The van der Waals surface area contributed by atoms with Crippen molar-refractivity contribution in [2.45, 2.75) is 12.8 Å². The second-order valence-corrected chi connectivity index (χ2v) is 6.07. The topological polar surface area (TPSA) is 85.5 Å². The average Bonchev–Trinajstić information content (AvgIpc) is 3.15. The molecule has 8 heteroatoms. The van der Waals surface area contributed by atoms with E-state index < -0.39 is 0 Å². The molecule has 25 heavy (non-hydrogen) atoms. The van der Waals surface area contributed by atoms with Gasteiger partial charge >= 0.3 is 0 Å². The molecule has 2 aromatic heterocycles. The standard InChI is InChI=1S/C17H18N6O2/c1-25-14-4-2-12(3-5-14)17(24)13-8-10-22(11-9-13)16-7-6-15-18-20-21-23(15)19-16/h2-7,13H,8-11H2,1H3. The number of carbonyl (C=O) groups excluding carboxylic acids is 1. The van der Waals surface area contributed by atoms with E-state index in [1.165, 1.54) is 4.63 Å². The van der Waals surface area contributed by atoms with Gasteiger partial charge in [0.2, 0.25) is 0 Å². The Balaban J connectivity index is 1.42. The maximum Gasteiger partial charge on any atom is 0.200 e. The fourth-order valence-corrected chi connectivity index (χ4v) is 3.17. The lowest BCUT2D eigenvalue weighted by atomic mass is 9.89. The molecule has 8 nitrogen and oxygen atoms in total. The minimum absolute atomic E-state index is 0.0430. The van der Waals surface area contributed by atoms with Crippen molar-refractivity contribution < 1.29 is 9.53 Å². The molecule has 0 aliphatic carbocycles. The van der Waals surface area contributed by atoms with E-state index in [9.17, 15) is 4.79 Å². The first-order valence-electron chi connectivity index (χ1n) is 8.23. The largest absolute Gasteiger partial charge is 0.497 e. The number of Topliss-reactive ketones (excluding diaryl/α,β-unsaturated/α-hetero) is 1. The highest BCUT2D eigenvalue weighted by atomic mass is 16.5. The molecule has 0 radical (unpaired) electrons. The summed E-state index contributed by atoms with van der Waals surface area (Å²) < 4.78 is 6.56. The SMILES string of the molecule is COc1ccc(C(=O)C2CCN(c3ccc4nnnn4n3)CC2)cc1. The highest BCUT2D eigenvalue weighted by molar-refractivity contribution is 5.98. The third-order valence-corrected chi connectivity index (χ3v) is 4.62. The van der Waals surface area contributed by atoms with E-state index in [1.54, 1.807) is 7.11 Å². The quantitative estimate of drug-likeness (QED) is 0.668. The second-order valence-electron chi connectivity index (χ2n) is 6.07. The number of tetrazole rings is 1. The zero-order valence-corrected chi connectivity index (χ0v) is 13.9. The average molecular weight is 338 g/mol. The van der Waals surface area contributed by atoms with Gasteiger partial charge in [0.1, 0.15) is 5.75 Å². The molecule has 1 aromatic carbocycles. The second kappa shape index (κ2) is 6.46. The minimum atomic E-state index is 0.0430. The Kier molecular flexibility index (Phi) is 4.01. The molecule has 128 valence electrons. The fourth-order valence-electron chi connectivity index (χ4n) is 3.17. The number of hydrogen-bond donors (Lipinski definition) is 0. The molecule has 1 aliphatic heterocycles. The van der Waals surface area contributed by atoms with Crippen LogP contribution in [0.25, 0.3) is 5.65 Å². The van der Waals surface area contributed by atoms with Gasteiger partial charge in [0, 0.05) is 24.6 Å². The molecule has 3 heterocycles. The van der Waals surface area contributed by atoms with Gasteiger partial charge in [-0.05, 0) is 59.7 Å². The lowest BCUT2D eigenvalue weighted by Gasteiger charge is -2.31. The Hall–Kier alpha value is -3.03. The maximum absolute atomic E-state index is 12.7. The van der Waals surface area contributed by atoms with Gasteiger partial charge in [-0.2, -0.15) is 0 Å². The van der Waals surface area contributed by atoms with Crippen molar-refractivity contribution in [3.05, 3.63) is 42.0 Å². The number of benzene rings is 1. The Morgan fingerprint density at radius 1 is 1.12 bits per heavy atom. The molecule has 0 saturated carbocycles. The molecule has 3 aromatic rings. The molecule has 1 saturated heterocycles. The zero-order chi connectivity index (χ0) is 17.2. The molecule has 0 spiro atoms. The number of anilines is 1. The van der Waals surface area contributed by atoms with Crippen LogP contribution < -0.4 is 9.64 Å². The first kappa shape index (κ1) is 15.5. The van der Waals surface area contributed by atoms with E-state index in [-0.39, 0.29) is 11.7 Å². The van der Waals surface area contributed by atoms with Crippen LogP contribution in [0.5, 0.6) is 5.75 Å². The van der Waals surface area contributed by atoms with Crippen LogP contribution in [0.15, 0.2) is 36.4 Å². The van der Waals surface area contributed by atoms with Crippen molar-refractivity contribution in [2.75, 3.05) is 25.1 Å². The van der Waals surface area contributed by atoms with Crippen molar-refractivity contribution in [2.24, 2.45) is 5.92 Å². The van der Waals surface area contributed by atoms with Crippen molar-refractivity contribution in [1.82, 2.24) is 25.3 Å². The van der Waals surface area contributed by atoms with Gasteiger partial charge in [-0.1, -0.05) is 0 Å². The Labute approximate surface area is 144 Å². The van der Waals surface area contributed by atoms with E-state index in [1.807, 2.05) is 36.4 Å². The molecule has 0 amide bonds. The zero-order valence-electron chi connectivity index (χ0n) is 13.9. The number of hydrogen-bond acceptors (Lipinski definition) is 7. The number of fused-ring (bicyclic) bond motifs is 1. The van der Waals surface area contributed by atoms with Crippen LogP contribution in [0.4, 0.5) is 5.82 Å². The van der Waals surface area contributed by atoms with E-state index in [4.69, 9.17) is 4.74 Å². The summed E-state index contributed by atoms with van der Waals surface area (Å²) in [6.07, 6.45) is 1.61. The van der Waals surface area contributed by atoms with Crippen LogP contribution in [-0.4, -0.2) is 51.2 Å². The Morgan fingerprint density at radius 3 is 2.60 bits per heavy atom. The molecule has 4 rings (SSSR count). The first-order chi connectivity index (χ1) is 12.2. The van der Waals surface area contributed by atoms with Gasteiger partial charge in [0.15, 0.2) is 17.2 Å². The van der Waals surface area contributed by atoms with Crippen LogP contribution in [0.3, 0.4) is 0 Å². The summed E-state index contributed by atoms with van der Waals surface area (Å²) in [5.74, 6) is 1.83. The molecule has 1 aliphatic rings. The number of rotatable bonds is 4. The molecule has 0 atom stereocenters. The van der Waals surface area contributed by atoms with Crippen molar-refractivity contribution in [1.29, 1.82) is 0 Å². The van der Waals surface area contributed by atoms with Crippen molar-refractivity contribution >= 4 is 17.2 Å². The minimum Gasteiger partial charge on any atom is -0.497 e. The summed E-state index contributed by atoms with van der Waals surface area (Å²) in [4.78, 5) is 14.8. The molecule has 1 fully saturated rings. The smallest absolute Gasteiger partial charge is 0.200 e. The normalized spacial score (nSPS) is 15.5. The Morgan fingerprint density at radius 2 is 1.88 bits per heavy atom. The van der Waals surface area contributed by atoms with Gasteiger partial charge in [0.05, 0.1) is 7.11 Å². The summed E-state index contributed by atoms with van der Waals surface area (Å²) >= 11 is 0.